The molecule has 96 valence electrons. The SMILES string of the molecule is Cc1ccccc1[C@@H]1CC(=O)Oc2cccc(O)c21. The normalized spacial score (nSPS) is 17.7. The fourth-order valence-electron chi connectivity index (χ4n) is 2.65. The molecule has 1 N–H and O–H groups in total. The van der Waals surface area contributed by atoms with Crippen molar-refractivity contribution in [3.05, 3.63) is 59.2 Å². The van der Waals surface area contributed by atoms with Gasteiger partial charge in [-0.3, -0.25) is 4.79 Å². The minimum Gasteiger partial charge on any atom is -0.508 e. The topological polar surface area (TPSA) is 46.5 Å². The number of phenols is 1. The molecule has 3 nitrogen and oxygen atoms in total. The summed E-state index contributed by atoms with van der Waals surface area (Å²) < 4.78 is 5.21. The van der Waals surface area contributed by atoms with Crippen LogP contribution in [0, 0.1) is 6.92 Å². The minimum atomic E-state index is -0.258. The van der Waals surface area contributed by atoms with Crippen molar-refractivity contribution >= 4 is 5.97 Å². The molecule has 0 radical (unpaired) electrons. The zero-order valence-electron chi connectivity index (χ0n) is 10.6. The van der Waals surface area contributed by atoms with Crippen LogP contribution in [0.3, 0.4) is 0 Å². The molecule has 19 heavy (non-hydrogen) atoms. The highest BCUT2D eigenvalue weighted by atomic mass is 16.5. The van der Waals surface area contributed by atoms with Crippen molar-refractivity contribution in [3.8, 4) is 11.5 Å². The molecule has 0 fully saturated rings. The van der Waals surface area contributed by atoms with Crippen LogP contribution in [0.15, 0.2) is 42.5 Å². The smallest absolute Gasteiger partial charge is 0.312 e. The van der Waals surface area contributed by atoms with Crippen LogP contribution in [-0.2, 0) is 4.79 Å². The van der Waals surface area contributed by atoms with E-state index in [1.165, 1.54) is 0 Å². The molecule has 1 heterocycles. The lowest BCUT2D eigenvalue weighted by Crippen LogP contribution is -2.21. The summed E-state index contributed by atoms with van der Waals surface area (Å²) in [6.45, 7) is 2.01. The van der Waals surface area contributed by atoms with Gasteiger partial charge >= 0.3 is 5.97 Å². The quantitative estimate of drug-likeness (QED) is 0.628. The number of aryl methyl sites for hydroxylation is 1. The van der Waals surface area contributed by atoms with Crippen LogP contribution in [-0.4, -0.2) is 11.1 Å². The van der Waals surface area contributed by atoms with Gasteiger partial charge in [0, 0.05) is 11.5 Å². The largest absolute Gasteiger partial charge is 0.508 e. The Morgan fingerprint density at radius 1 is 1.16 bits per heavy atom. The third-order valence-corrected chi connectivity index (χ3v) is 3.55. The Bertz CT molecular complexity index is 646. The van der Waals surface area contributed by atoms with Gasteiger partial charge in [-0.25, -0.2) is 0 Å². The molecule has 3 heteroatoms. The van der Waals surface area contributed by atoms with Gasteiger partial charge < -0.3 is 9.84 Å². The Labute approximate surface area is 111 Å². The molecule has 3 rings (SSSR count). The summed E-state index contributed by atoms with van der Waals surface area (Å²) in [5.74, 6) is 0.243. The molecule has 1 aliphatic rings. The monoisotopic (exact) mass is 254 g/mol. The summed E-state index contributed by atoms with van der Waals surface area (Å²) in [4.78, 5) is 11.7. The van der Waals surface area contributed by atoms with E-state index in [4.69, 9.17) is 4.74 Å². The zero-order valence-corrected chi connectivity index (χ0v) is 10.6. The molecule has 0 unspecified atom stereocenters. The highest BCUT2D eigenvalue weighted by molar-refractivity contribution is 5.78. The van der Waals surface area contributed by atoms with Crippen LogP contribution in [0.2, 0.25) is 0 Å². The minimum absolute atomic E-state index is 0.140. The standard InChI is InChI=1S/C16H14O3/c1-10-5-2-3-6-11(10)12-9-15(18)19-14-8-4-7-13(17)16(12)14/h2-8,12,17H,9H2,1H3/t12-/m0/s1. The molecule has 2 aromatic carbocycles. The van der Waals surface area contributed by atoms with E-state index in [2.05, 4.69) is 0 Å². The van der Waals surface area contributed by atoms with Gasteiger partial charge in [-0.1, -0.05) is 30.3 Å². The number of benzene rings is 2. The maximum Gasteiger partial charge on any atom is 0.312 e. The number of ether oxygens (including phenoxy) is 1. The van der Waals surface area contributed by atoms with Crippen LogP contribution in [0.1, 0.15) is 29.0 Å². The zero-order chi connectivity index (χ0) is 13.4. The van der Waals surface area contributed by atoms with Crippen molar-refractivity contribution < 1.29 is 14.6 Å². The lowest BCUT2D eigenvalue weighted by atomic mass is 9.84. The summed E-state index contributed by atoms with van der Waals surface area (Å²) in [5, 5.41) is 10.1. The number of esters is 1. The first-order valence-electron chi connectivity index (χ1n) is 6.25. The lowest BCUT2D eigenvalue weighted by Gasteiger charge is -2.26. The van der Waals surface area contributed by atoms with E-state index in [9.17, 15) is 9.90 Å². The Morgan fingerprint density at radius 2 is 1.95 bits per heavy atom. The first-order valence-corrected chi connectivity index (χ1v) is 6.25. The molecule has 0 amide bonds. The van der Waals surface area contributed by atoms with Crippen LogP contribution < -0.4 is 4.74 Å². The highest BCUT2D eigenvalue weighted by Crippen LogP contribution is 2.44. The first-order chi connectivity index (χ1) is 9.16. The van der Waals surface area contributed by atoms with Crippen molar-refractivity contribution in [2.45, 2.75) is 19.3 Å². The number of phenolic OH excluding ortho intramolecular Hbond substituents is 1. The summed E-state index contributed by atoms with van der Waals surface area (Å²) in [7, 11) is 0. The molecule has 1 aliphatic heterocycles. The van der Waals surface area contributed by atoms with Gasteiger partial charge in [0.1, 0.15) is 11.5 Å². The van der Waals surface area contributed by atoms with Crippen molar-refractivity contribution in [2.75, 3.05) is 0 Å². The van der Waals surface area contributed by atoms with Gasteiger partial charge in [0.2, 0.25) is 0 Å². The van der Waals surface area contributed by atoms with Crippen molar-refractivity contribution in [1.29, 1.82) is 0 Å². The summed E-state index contributed by atoms with van der Waals surface area (Å²) in [6, 6.07) is 12.9. The molecular weight excluding hydrogens is 240 g/mol. The predicted octanol–water partition coefficient (Wildman–Crippen LogP) is 3.14. The third kappa shape index (κ3) is 1.97. The van der Waals surface area contributed by atoms with Gasteiger partial charge in [-0.05, 0) is 30.2 Å². The average Bonchev–Trinajstić information content (AvgIpc) is 2.38. The molecule has 1 atom stereocenters. The van der Waals surface area contributed by atoms with Crippen molar-refractivity contribution in [1.82, 2.24) is 0 Å². The number of fused-ring (bicyclic) bond motifs is 1. The van der Waals surface area contributed by atoms with E-state index in [0.29, 0.717) is 11.3 Å². The average molecular weight is 254 g/mol. The number of carbonyl (C=O) groups is 1. The second-order valence-electron chi connectivity index (χ2n) is 4.78. The van der Waals surface area contributed by atoms with E-state index in [1.807, 2.05) is 31.2 Å². The van der Waals surface area contributed by atoms with Crippen LogP contribution in [0.25, 0.3) is 0 Å². The Balaban J connectivity index is 2.19. The Kier molecular flexibility index (Phi) is 2.75. The fraction of sp³-hybridized carbons (Fsp3) is 0.188. The molecule has 0 aromatic heterocycles. The number of hydrogen-bond acceptors (Lipinski definition) is 3. The molecule has 0 bridgehead atoms. The lowest BCUT2D eigenvalue weighted by molar-refractivity contribution is -0.135. The second-order valence-corrected chi connectivity index (χ2v) is 4.78. The van der Waals surface area contributed by atoms with E-state index < -0.39 is 0 Å². The number of aromatic hydroxyl groups is 1. The van der Waals surface area contributed by atoms with Crippen LogP contribution in [0.4, 0.5) is 0 Å². The van der Waals surface area contributed by atoms with Gasteiger partial charge in [-0.2, -0.15) is 0 Å². The molecule has 2 aromatic rings. The summed E-state index contributed by atoms with van der Waals surface area (Å²) in [6.07, 6.45) is 0.259. The molecular formula is C16H14O3. The molecule has 0 aliphatic carbocycles. The fourth-order valence-corrected chi connectivity index (χ4v) is 2.65. The summed E-state index contributed by atoms with van der Waals surface area (Å²) >= 11 is 0. The van der Waals surface area contributed by atoms with Gasteiger partial charge in [0.05, 0.1) is 6.42 Å². The van der Waals surface area contributed by atoms with Crippen LogP contribution >= 0.6 is 0 Å². The number of carbonyl (C=O) groups excluding carboxylic acids is 1. The van der Waals surface area contributed by atoms with E-state index in [0.717, 1.165) is 11.1 Å². The third-order valence-electron chi connectivity index (χ3n) is 3.55. The van der Waals surface area contributed by atoms with Crippen molar-refractivity contribution in [3.63, 3.8) is 0 Å². The maximum atomic E-state index is 11.7. The number of rotatable bonds is 1. The van der Waals surface area contributed by atoms with E-state index in [-0.39, 0.29) is 24.1 Å². The Morgan fingerprint density at radius 3 is 2.74 bits per heavy atom. The second kappa shape index (κ2) is 4.43. The van der Waals surface area contributed by atoms with E-state index in [1.54, 1.807) is 18.2 Å². The molecule has 0 spiro atoms. The van der Waals surface area contributed by atoms with Crippen molar-refractivity contribution in [2.24, 2.45) is 0 Å². The Hall–Kier alpha value is -2.29. The highest BCUT2D eigenvalue weighted by Gasteiger charge is 2.31. The maximum absolute atomic E-state index is 11.7. The van der Waals surface area contributed by atoms with Crippen LogP contribution in [0.5, 0.6) is 11.5 Å². The number of hydrogen-bond donors (Lipinski definition) is 1. The molecule has 0 saturated heterocycles. The predicted molar refractivity (Wildman–Crippen MR) is 71.4 cm³/mol. The first kappa shape index (κ1) is 11.8. The van der Waals surface area contributed by atoms with Gasteiger partial charge in [-0.15, -0.1) is 0 Å². The van der Waals surface area contributed by atoms with E-state index >= 15 is 0 Å². The van der Waals surface area contributed by atoms with Gasteiger partial charge in [0.15, 0.2) is 0 Å². The van der Waals surface area contributed by atoms with Gasteiger partial charge in [0.25, 0.3) is 0 Å². The summed E-state index contributed by atoms with van der Waals surface area (Å²) in [5.41, 5.74) is 2.87. The molecule has 0 saturated carbocycles.